The Morgan fingerprint density at radius 1 is 1.46 bits per heavy atom. The molecular weight excluding hydrogens is 188 g/mol. The Bertz CT molecular complexity index is 268. The standard InChI is InChI=1S/C9H13ClN2O/c10-8-3-1-2-4-9(8)12-5-7(11)6-13/h1-4,7,12-13H,5-6,11H2. The van der Waals surface area contributed by atoms with E-state index in [9.17, 15) is 0 Å². The number of para-hydroxylation sites is 1. The van der Waals surface area contributed by atoms with Gasteiger partial charge in [0.1, 0.15) is 0 Å². The maximum Gasteiger partial charge on any atom is 0.0637 e. The van der Waals surface area contributed by atoms with Crippen LogP contribution in [0.4, 0.5) is 5.69 Å². The molecule has 0 saturated heterocycles. The average molecular weight is 201 g/mol. The predicted octanol–water partition coefficient (Wildman–Crippen LogP) is 1.07. The van der Waals surface area contributed by atoms with Gasteiger partial charge in [-0.1, -0.05) is 23.7 Å². The number of aliphatic hydroxyl groups excluding tert-OH is 1. The highest BCUT2D eigenvalue weighted by Crippen LogP contribution is 2.19. The van der Waals surface area contributed by atoms with Gasteiger partial charge < -0.3 is 16.2 Å². The summed E-state index contributed by atoms with van der Waals surface area (Å²) < 4.78 is 0. The molecule has 0 radical (unpaired) electrons. The number of benzene rings is 1. The van der Waals surface area contributed by atoms with E-state index < -0.39 is 0 Å². The van der Waals surface area contributed by atoms with E-state index >= 15 is 0 Å². The first-order valence-electron chi connectivity index (χ1n) is 4.09. The summed E-state index contributed by atoms with van der Waals surface area (Å²) in [5.41, 5.74) is 6.36. The van der Waals surface area contributed by atoms with E-state index in [1.54, 1.807) is 6.07 Å². The molecule has 0 aliphatic heterocycles. The molecule has 1 aromatic rings. The van der Waals surface area contributed by atoms with Crippen LogP contribution in [-0.2, 0) is 0 Å². The second-order valence-corrected chi connectivity index (χ2v) is 3.21. The lowest BCUT2D eigenvalue weighted by molar-refractivity contribution is 0.270. The van der Waals surface area contributed by atoms with Gasteiger partial charge in [-0.25, -0.2) is 0 Å². The Balaban J connectivity index is 2.50. The smallest absolute Gasteiger partial charge is 0.0637 e. The molecule has 0 heterocycles. The van der Waals surface area contributed by atoms with E-state index in [0.29, 0.717) is 11.6 Å². The maximum atomic E-state index is 8.68. The molecule has 72 valence electrons. The first kappa shape index (κ1) is 10.3. The summed E-state index contributed by atoms with van der Waals surface area (Å²) in [7, 11) is 0. The van der Waals surface area contributed by atoms with Crippen molar-refractivity contribution in [1.82, 2.24) is 0 Å². The number of nitrogens with one attached hydrogen (secondary N) is 1. The minimum atomic E-state index is -0.253. The van der Waals surface area contributed by atoms with Crippen LogP contribution < -0.4 is 11.1 Å². The number of rotatable bonds is 4. The average Bonchev–Trinajstić information content (AvgIpc) is 2.16. The molecule has 0 aliphatic rings. The summed E-state index contributed by atoms with van der Waals surface area (Å²) in [6, 6.07) is 7.16. The van der Waals surface area contributed by atoms with E-state index in [-0.39, 0.29) is 12.6 Å². The molecule has 0 aromatic heterocycles. The van der Waals surface area contributed by atoms with Crippen LogP contribution in [-0.4, -0.2) is 24.3 Å². The normalized spacial score (nSPS) is 12.5. The number of aliphatic hydroxyl groups is 1. The quantitative estimate of drug-likeness (QED) is 0.682. The zero-order chi connectivity index (χ0) is 9.68. The Morgan fingerprint density at radius 2 is 2.15 bits per heavy atom. The summed E-state index contributed by atoms with van der Waals surface area (Å²) in [6.45, 7) is 0.484. The van der Waals surface area contributed by atoms with Crippen molar-refractivity contribution < 1.29 is 5.11 Å². The monoisotopic (exact) mass is 200 g/mol. The van der Waals surface area contributed by atoms with Crippen molar-refractivity contribution in [1.29, 1.82) is 0 Å². The van der Waals surface area contributed by atoms with Crippen LogP contribution in [0.2, 0.25) is 5.02 Å². The van der Waals surface area contributed by atoms with Crippen LogP contribution in [0, 0.1) is 0 Å². The van der Waals surface area contributed by atoms with Crippen LogP contribution in [0.3, 0.4) is 0 Å². The third-order valence-electron chi connectivity index (χ3n) is 1.66. The van der Waals surface area contributed by atoms with E-state index in [0.717, 1.165) is 5.69 Å². The van der Waals surface area contributed by atoms with Crippen molar-refractivity contribution in [2.75, 3.05) is 18.5 Å². The largest absolute Gasteiger partial charge is 0.395 e. The number of halogens is 1. The molecule has 0 fully saturated rings. The molecule has 0 saturated carbocycles. The summed E-state index contributed by atoms with van der Waals surface area (Å²) in [4.78, 5) is 0. The second kappa shape index (κ2) is 5.07. The van der Waals surface area contributed by atoms with Gasteiger partial charge in [0.15, 0.2) is 0 Å². The third-order valence-corrected chi connectivity index (χ3v) is 1.99. The summed E-state index contributed by atoms with van der Waals surface area (Å²) >= 11 is 5.89. The Kier molecular flexibility index (Phi) is 4.02. The maximum absolute atomic E-state index is 8.68. The van der Waals surface area contributed by atoms with Gasteiger partial charge in [0.2, 0.25) is 0 Å². The van der Waals surface area contributed by atoms with Crippen LogP contribution >= 0.6 is 11.6 Å². The molecule has 0 bridgehead atoms. The molecule has 0 aliphatic carbocycles. The van der Waals surface area contributed by atoms with Gasteiger partial charge in [-0.3, -0.25) is 0 Å². The van der Waals surface area contributed by atoms with Gasteiger partial charge in [0, 0.05) is 12.6 Å². The molecule has 3 nitrogen and oxygen atoms in total. The Labute approximate surface area is 82.5 Å². The molecule has 0 spiro atoms. The molecule has 1 rings (SSSR count). The van der Waals surface area contributed by atoms with Crippen LogP contribution in [0.5, 0.6) is 0 Å². The summed E-state index contributed by atoms with van der Waals surface area (Å²) in [6.07, 6.45) is 0. The lowest BCUT2D eigenvalue weighted by Gasteiger charge is -2.11. The van der Waals surface area contributed by atoms with Crippen molar-refractivity contribution in [3.8, 4) is 0 Å². The van der Waals surface area contributed by atoms with Crippen LogP contribution in [0.25, 0.3) is 0 Å². The first-order valence-corrected chi connectivity index (χ1v) is 4.46. The van der Waals surface area contributed by atoms with Gasteiger partial charge in [0.25, 0.3) is 0 Å². The number of hydrogen-bond donors (Lipinski definition) is 3. The van der Waals surface area contributed by atoms with Crippen LogP contribution in [0.1, 0.15) is 0 Å². The van der Waals surface area contributed by atoms with Gasteiger partial charge in [-0.15, -0.1) is 0 Å². The lowest BCUT2D eigenvalue weighted by atomic mass is 10.3. The van der Waals surface area contributed by atoms with E-state index in [1.165, 1.54) is 0 Å². The molecule has 1 atom stereocenters. The van der Waals surface area contributed by atoms with Crippen molar-refractivity contribution in [2.45, 2.75) is 6.04 Å². The van der Waals surface area contributed by atoms with E-state index in [4.69, 9.17) is 22.4 Å². The number of hydrogen-bond acceptors (Lipinski definition) is 3. The third kappa shape index (κ3) is 3.22. The Morgan fingerprint density at radius 3 is 2.77 bits per heavy atom. The number of anilines is 1. The fourth-order valence-electron chi connectivity index (χ4n) is 0.910. The highest BCUT2D eigenvalue weighted by Gasteiger charge is 2.01. The fraction of sp³-hybridized carbons (Fsp3) is 0.333. The molecular formula is C9H13ClN2O. The topological polar surface area (TPSA) is 58.3 Å². The van der Waals surface area contributed by atoms with Crippen LogP contribution in [0.15, 0.2) is 24.3 Å². The first-order chi connectivity index (χ1) is 6.24. The zero-order valence-electron chi connectivity index (χ0n) is 7.20. The van der Waals surface area contributed by atoms with Crippen molar-refractivity contribution in [2.24, 2.45) is 5.73 Å². The lowest BCUT2D eigenvalue weighted by Crippen LogP contribution is -2.32. The zero-order valence-corrected chi connectivity index (χ0v) is 7.96. The minimum Gasteiger partial charge on any atom is -0.395 e. The molecule has 0 amide bonds. The van der Waals surface area contributed by atoms with Crippen molar-refractivity contribution >= 4 is 17.3 Å². The SMILES string of the molecule is NC(CO)CNc1ccccc1Cl. The molecule has 4 N–H and O–H groups in total. The van der Waals surface area contributed by atoms with Crippen molar-refractivity contribution in [3.05, 3.63) is 29.3 Å². The van der Waals surface area contributed by atoms with E-state index in [2.05, 4.69) is 5.32 Å². The minimum absolute atomic E-state index is 0.0303. The summed E-state index contributed by atoms with van der Waals surface area (Å²) in [5, 5.41) is 12.4. The van der Waals surface area contributed by atoms with Crippen molar-refractivity contribution in [3.63, 3.8) is 0 Å². The van der Waals surface area contributed by atoms with Gasteiger partial charge in [-0.05, 0) is 12.1 Å². The molecule has 1 aromatic carbocycles. The van der Waals surface area contributed by atoms with Gasteiger partial charge >= 0.3 is 0 Å². The second-order valence-electron chi connectivity index (χ2n) is 2.80. The summed E-state index contributed by atoms with van der Waals surface area (Å²) in [5.74, 6) is 0. The van der Waals surface area contributed by atoms with Gasteiger partial charge in [-0.2, -0.15) is 0 Å². The highest BCUT2D eigenvalue weighted by atomic mass is 35.5. The Hall–Kier alpha value is -0.770. The predicted molar refractivity (Wildman–Crippen MR) is 55.0 cm³/mol. The number of nitrogens with two attached hydrogens (primary N) is 1. The van der Waals surface area contributed by atoms with E-state index in [1.807, 2.05) is 18.2 Å². The highest BCUT2D eigenvalue weighted by molar-refractivity contribution is 6.33. The fourth-order valence-corrected chi connectivity index (χ4v) is 1.11. The van der Waals surface area contributed by atoms with Gasteiger partial charge in [0.05, 0.1) is 17.3 Å². The molecule has 13 heavy (non-hydrogen) atoms. The molecule has 1 unspecified atom stereocenters. The molecule has 4 heteroatoms.